The summed E-state index contributed by atoms with van der Waals surface area (Å²) in [4.78, 5) is 0.129. The Morgan fingerprint density at radius 2 is 1.86 bits per heavy atom. The highest BCUT2D eigenvalue weighted by atomic mass is 32.2. The topological polar surface area (TPSA) is 72.2 Å². The molecule has 0 fully saturated rings. The average molecular weight is 304 g/mol. The molecule has 0 saturated carbocycles. The van der Waals surface area contributed by atoms with E-state index in [1.54, 1.807) is 18.2 Å². The van der Waals surface area contributed by atoms with Gasteiger partial charge in [-0.1, -0.05) is 30.0 Å². The molecule has 0 bridgehead atoms. The van der Waals surface area contributed by atoms with Crippen LogP contribution < -0.4 is 10.5 Å². The molecule has 0 radical (unpaired) electrons. The highest BCUT2D eigenvalue weighted by Gasteiger charge is 2.14. The summed E-state index contributed by atoms with van der Waals surface area (Å²) in [5.41, 5.74) is 5.56. The predicted molar refractivity (Wildman–Crippen MR) is 79.6 cm³/mol. The molecular formula is C15H13FN2O2S. The molecule has 0 aliphatic carbocycles. The summed E-state index contributed by atoms with van der Waals surface area (Å²) in [5.74, 6) is 4.55. The van der Waals surface area contributed by atoms with E-state index in [2.05, 4.69) is 16.6 Å². The molecule has 0 aliphatic heterocycles. The lowest BCUT2D eigenvalue weighted by molar-refractivity contribution is 0.601. The van der Waals surface area contributed by atoms with Crippen LogP contribution in [0.3, 0.4) is 0 Å². The molecule has 2 rings (SSSR count). The van der Waals surface area contributed by atoms with Gasteiger partial charge in [-0.3, -0.25) is 4.72 Å². The second-order valence-corrected chi connectivity index (χ2v) is 5.80. The molecule has 3 N–H and O–H groups in total. The Morgan fingerprint density at radius 3 is 2.52 bits per heavy atom. The van der Waals surface area contributed by atoms with Crippen LogP contribution in [-0.4, -0.2) is 15.0 Å². The third kappa shape index (κ3) is 3.81. The Balaban J connectivity index is 2.32. The van der Waals surface area contributed by atoms with Crippen LogP contribution in [0.5, 0.6) is 0 Å². The Hall–Kier alpha value is -2.36. The fourth-order valence-corrected chi connectivity index (χ4v) is 2.72. The van der Waals surface area contributed by atoms with E-state index in [9.17, 15) is 12.8 Å². The van der Waals surface area contributed by atoms with Crippen LogP contribution in [0.1, 0.15) is 5.56 Å². The first-order chi connectivity index (χ1) is 10.0. The minimum atomic E-state index is -3.71. The summed E-state index contributed by atoms with van der Waals surface area (Å²) in [5, 5.41) is 0. The van der Waals surface area contributed by atoms with Crippen molar-refractivity contribution in [3.05, 3.63) is 59.9 Å². The summed E-state index contributed by atoms with van der Waals surface area (Å²) in [6.07, 6.45) is 0. The number of rotatable bonds is 3. The van der Waals surface area contributed by atoms with Crippen molar-refractivity contribution < 1.29 is 12.8 Å². The number of halogens is 1. The second kappa shape index (κ2) is 6.39. The molecule has 108 valence electrons. The van der Waals surface area contributed by atoms with Gasteiger partial charge in [0.2, 0.25) is 0 Å². The summed E-state index contributed by atoms with van der Waals surface area (Å²) in [7, 11) is -3.71. The van der Waals surface area contributed by atoms with Gasteiger partial charge in [-0.25, -0.2) is 12.8 Å². The Morgan fingerprint density at radius 1 is 1.14 bits per heavy atom. The fraction of sp³-hybridized carbons (Fsp3) is 0.0667. The summed E-state index contributed by atoms with van der Waals surface area (Å²) < 4.78 is 40.2. The lowest BCUT2D eigenvalue weighted by Gasteiger charge is -2.08. The zero-order chi connectivity index (χ0) is 15.3. The van der Waals surface area contributed by atoms with Gasteiger partial charge in [0.1, 0.15) is 5.82 Å². The van der Waals surface area contributed by atoms with Gasteiger partial charge in [0.15, 0.2) is 0 Å². The third-order valence-electron chi connectivity index (χ3n) is 2.60. The maximum Gasteiger partial charge on any atom is 0.261 e. The quantitative estimate of drug-likeness (QED) is 0.851. The number of hydrogen-bond donors (Lipinski definition) is 2. The Labute approximate surface area is 122 Å². The van der Waals surface area contributed by atoms with Crippen LogP contribution in [0.25, 0.3) is 0 Å². The van der Waals surface area contributed by atoms with Crippen molar-refractivity contribution >= 4 is 15.7 Å². The zero-order valence-corrected chi connectivity index (χ0v) is 11.8. The first-order valence-corrected chi connectivity index (χ1v) is 7.57. The van der Waals surface area contributed by atoms with Gasteiger partial charge < -0.3 is 5.73 Å². The molecule has 6 heteroatoms. The minimum absolute atomic E-state index is 0.0914. The maximum absolute atomic E-state index is 13.5. The molecular weight excluding hydrogens is 291 g/mol. The lowest BCUT2D eigenvalue weighted by Crippen LogP contribution is -2.13. The second-order valence-electron chi connectivity index (χ2n) is 4.12. The van der Waals surface area contributed by atoms with Gasteiger partial charge in [-0.15, -0.1) is 0 Å². The van der Waals surface area contributed by atoms with Crippen LogP contribution in [0.15, 0.2) is 53.4 Å². The molecule has 0 atom stereocenters. The van der Waals surface area contributed by atoms with Gasteiger partial charge in [0.25, 0.3) is 10.0 Å². The molecule has 21 heavy (non-hydrogen) atoms. The highest BCUT2D eigenvalue weighted by Crippen LogP contribution is 2.18. The van der Waals surface area contributed by atoms with Crippen LogP contribution in [0.2, 0.25) is 0 Å². The monoisotopic (exact) mass is 304 g/mol. The summed E-state index contributed by atoms with van der Waals surface area (Å²) in [6.45, 7) is 0.0966. The number of sulfonamides is 1. The summed E-state index contributed by atoms with van der Waals surface area (Å²) in [6, 6.07) is 11.7. The SMILES string of the molecule is NCC#Cc1cc(NS(=O)(=O)c2ccccc2)ccc1F. The number of hydrogen-bond acceptors (Lipinski definition) is 3. The van der Waals surface area contributed by atoms with E-state index in [1.807, 2.05) is 0 Å². The summed E-state index contributed by atoms with van der Waals surface area (Å²) >= 11 is 0. The number of anilines is 1. The van der Waals surface area contributed by atoms with E-state index < -0.39 is 15.8 Å². The van der Waals surface area contributed by atoms with Crippen molar-refractivity contribution in [2.45, 2.75) is 4.90 Å². The third-order valence-corrected chi connectivity index (χ3v) is 3.99. The van der Waals surface area contributed by atoms with Crippen molar-refractivity contribution in [1.82, 2.24) is 0 Å². The van der Waals surface area contributed by atoms with Crippen molar-refractivity contribution in [2.75, 3.05) is 11.3 Å². The van der Waals surface area contributed by atoms with Crippen molar-refractivity contribution in [3.63, 3.8) is 0 Å². The van der Waals surface area contributed by atoms with E-state index in [0.717, 1.165) is 6.07 Å². The molecule has 0 aromatic heterocycles. The van der Waals surface area contributed by atoms with Crippen molar-refractivity contribution in [1.29, 1.82) is 0 Å². The van der Waals surface area contributed by atoms with E-state index >= 15 is 0 Å². The molecule has 4 nitrogen and oxygen atoms in total. The van der Waals surface area contributed by atoms with Crippen LogP contribution in [0, 0.1) is 17.7 Å². The predicted octanol–water partition coefficient (Wildman–Crippen LogP) is 1.94. The number of benzene rings is 2. The Bertz CT molecular complexity index is 793. The van der Waals surface area contributed by atoms with Crippen LogP contribution >= 0.6 is 0 Å². The standard InChI is InChI=1S/C15H13FN2O2S/c16-15-9-8-13(11-12(15)5-4-10-17)18-21(19,20)14-6-2-1-3-7-14/h1-3,6-9,11,18H,10,17H2. The molecule has 0 aliphatic rings. The maximum atomic E-state index is 13.5. The van der Waals surface area contributed by atoms with Crippen LogP contribution in [-0.2, 0) is 10.0 Å². The van der Waals surface area contributed by atoms with E-state index in [4.69, 9.17) is 5.73 Å². The molecule has 2 aromatic carbocycles. The lowest BCUT2D eigenvalue weighted by atomic mass is 10.2. The molecule has 0 saturated heterocycles. The number of nitrogens with two attached hydrogens (primary N) is 1. The first kappa shape index (κ1) is 15.0. The highest BCUT2D eigenvalue weighted by molar-refractivity contribution is 7.92. The smallest absolute Gasteiger partial charge is 0.261 e. The van der Waals surface area contributed by atoms with Gasteiger partial charge in [-0.05, 0) is 30.3 Å². The van der Waals surface area contributed by atoms with E-state index in [1.165, 1.54) is 24.3 Å². The minimum Gasteiger partial charge on any atom is -0.320 e. The fourth-order valence-electron chi connectivity index (χ4n) is 1.64. The normalized spacial score (nSPS) is 10.6. The Kier molecular flexibility index (Phi) is 4.58. The van der Waals surface area contributed by atoms with Gasteiger partial charge in [-0.2, -0.15) is 0 Å². The average Bonchev–Trinajstić information content (AvgIpc) is 2.48. The molecule has 0 amide bonds. The molecule has 0 unspecified atom stereocenters. The van der Waals surface area contributed by atoms with Gasteiger partial charge in [0, 0.05) is 0 Å². The van der Waals surface area contributed by atoms with Gasteiger partial charge >= 0.3 is 0 Å². The largest absolute Gasteiger partial charge is 0.320 e. The van der Waals surface area contributed by atoms with E-state index in [-0.39, 0.29) is 22.7 Å². The van der Waals surface area contributed by atoms with Crippen molar-refractivity contribution in [3.8, 4) is 11.8 Å². The molecule has 0 spiro atoms. The van der Waals surface area contributed by atoms with E-state index in [0.29, 0.717) is 0 Å². The zero-order valence-electron chi connectivity index (χ0n) is 11.0. The molecule has 0 heterocycles. The van der Waals surface area contributed by atoms with Gasteiger partial charge in [0.05, 0.1) is 22.7 Å². The first-order valence-electron chi connectivity index (χ1n) is 6.09. The molecule has 2 aromatic rings. The number of nitrogens with one attached hydrogen (secondary N) is 1. The van der Waals surface area contributed by atoms with Crippen LogP contribution in [0.4, 0.5) is 10.1 Å². The van der Waals surface area contributed by atoms with Crippen molar-refractivity contribution in [2.24, 2.45) is 5.73 Å².